The fourth-order valence-electron chi connectivity index (χ4n) is 2.58. The van der Waals surface area contributed by atoms with Crippen LogP contribution in [0.2, 0.25) is 0 Å². The highest BCUT2D eigenvalue weighted by Gasteiger charge is 2.31. The molecule has 5 nitrogen and oxygen atoms in total. The molecule has 0 aromatic heterocycles. The van der Waals surface area contributed by atoms with Gasteiger partial charge in [-0.2, -0.15) is 0 Å². The molecule has 0 aromatic carbocycles. The van der Waals surface area contributed by atoms with Gasteiger partial charge in [0.05, 0.1) is 0 Å². The molecule has 1 fully saturated rings. The highest BCUT2D eigenvalue weighted by atomic mass is 16.6. The van der Waals surface area contributed by atoms with E-state index < -0.39 is 5.60 Å². The lowest BCUT2D eigenvalue weighted by Gasteiger charge is -2.28. The molecule has 2 amide bonds. The van der Waals surface area contributed by atoms with Crippen LogP contribution in [0.1, 0.15) is 66.2 Å². The molecule has 1 rings (SSSR count). The first-order valence-electron chi connectivity index (χ1n) is 8.10. The topological polar surface area (TPSA) is 58.6 Å². The van der Waals surface area contributed by atoms with E-state index >= 15 is 0 Å². The van der Waals surface area contributed by atoms with Crippen molar-refractivity contribution in [3.63, 3.8) is 0 Å². The van der Waals surface area contributed by atoms with E-state index in [4.69, 9.17) is 4.74 Å². The van der Waals surface area contributed by atoms with E-state index in [0.29, 0.717) is 13.0 Å². The minimum Gasteiger partial charge on any atom is -0.444 e. The van der Waals surface area contributed by atoms with Gasteiger partial charge >= 0.3 is 6.09 Å². The molecule has 0 spiro atoms. The van der Waals surface area contributed by atoms with E-state index in [1.165, 1.54) is 0 Å². The molecule has 1 heterocycles. The smallest absolute Gasteiger partial charge is 0.410 e. The van der Waals surface area contributed by atoms with E-state index in [1.807, 2.05) is 32.6 Å². The SMILES string of the molecule is CCCC(=O)NCCCC1CCCN1C(=O)OC(C)(C)C. The Morgan fingerprint density at radius 3 is 2.67 bits per heavy atom. The van der Waals surface area contributed by atoms with Crippen LogP contribution in [0.3, 0.4) is 0 Å². The fourth-order valence-corrected chi connectivity index (χ4v) is 2.58. The molecule has 1 saturated heterocycles. The quantitative estimate of drug-likeness (QED) is 0.767. The maximum atomic E-state index is 12.1. The summed E-state index contributed by atoms with van der Waals surface area (Å²) in [6, 6.07) is 0.253. The van der Waals surface area contributed by atoms with Crippen molar-refractivity contribution in [3.05, 3.63) is 0 Å². The first-order valence-corrected chi connectivity index (χ1v) is 8.10. The minimum absolute atomic E-state index is 0.118. The largest absolute Gasteiger partial charge is 0.444 e. The second kappa shape index (κ2) is 8.25. The van der Waals surface area contributed by atoms with E-state index in [1.54, 1.807) is 0 Å². The Balaban J connectivity index is 2.30. The molecule has 1 unspecified atom stereocenters. The first kappa shape index (κ1) is 17.8. The van der Waals surface area contributed by atoms with Crippen LogP contribution in [0.25, 0.3) is 0 Å². The van der Waals surface area contributed by atoms with Gasteiger partial charge in [0.1, 0.15) is 5.60 Å². The molecular weight excluding hydrogens is 268 g/mol. The van der Waals surface area contributed by atoms with Crippen molar-refractivity contribution in [3.8, 4) is 0 Å². The number of hydrogen-bond donors (Lipinski definition) is 1. The zero-order chi connectivity index (χ0) is 15.9. The van der Waals surface area contributed by atoms with Crippen LogP contribution < -0.4 is 5.32 Å². The summed E-state index contributed by atoms with van der Waals surface area (Å²) in [5.41, 5.74) is -0.446. The van der Waals surface area contributed by atoms with Gasteiger partial charge in [0, 0.05) is 25.6 Å². The first-order chi connectivity index (χ1) is 9.83. The normalized spacial score (nSPS) is 18.7. The Hall–Kier alpha value is -1.26. The summed E-state index contributed by atoms with van der Waals surface area (Å²) in [6.07, 6.45) is 5.15. The fraction of sp³-hybridized carbons (Fsp3) is 0.875. The van der Waals surface area contributed by atoms with Gasteiger partial charge in [0.25, 0.3) is 0 Å². The molecule has 0 aliphatic carbocycles. The highest BCUT2D eigenvalue weighted by molar-refractivity contribution is 5.75. The van der Waals surface area contributed by atoms with Crippen LogP contribution in [0.4, 0.5) is 4.79 Å². The van der Waals surface area contributed by atoms with Crippen LogP contribution >= 0.6 is 0 Å². The van der Waals surface area contributed by atoms with Gasteiger partial charge in [-0.1, -0.05) is 6.92 Å². The number of carbonyl (C=O) groups is 2. The number of carbonyl (C=O) groups excluding carboxylic acids is 2. The molecule has 0 saturated carbocycles. The van der Waals surface area contributed by atoms with E-state index in [2.05, 4.69) is 5.32 Å². The molecule has 5 heteroatoms. The van der Waals surface area contributed by atoms with Crippen LogP contribution in [0, 0.1) is 0 Å². The van der Waals surface area contributed by atoms with Crippen molar-refractivity contribution in [1.29, 1.82) is 0 Å². The zero-order valence-corrected chi connectivity index (χ0v) is 13.9. The standard InChI is InChI=1S/C16H30N2O3/c1-5-8-14(19)17-11-6-9-13-10-7-12-18(13)15(20)21-16(2,3)4/h13H,5-12H2,1-4H3,(H,17,19). The van der Waals surface area contributed by atoms with Crippen molar-refractivity contribution >= 4 is 12.0 Å². The summed E-state index contributed by atoms with van der Waals surface area (Å²) >= 11 is 0. The average molecular weight is 298 g/mol. The monoisotopic (exact) mass is 298 g/mol. The predicted octanol–water partition coefficient (Wildman–Crippen LogP) is 3.08. The predicted molar refractivity (Wildman–Crippen MR) is 83.1 cm³/mol. The van der Waals surface area contributed by atoms with Crippen LogP contribution in [-0.2, 0) is 9.53 Å². The summed E-state index contributed by atoms with van der Waals surface area (Å²) < 4.78 is 5.45. The van der Waals surface area contributed by atoms with Crippen LogP contribution in [-0.4, -0.2) is 41.6 Å². The number of hydrogen-bond acceptors (Lipinski definition) is 3. The number of amides is 2. The average Bonchev–Trinajstić information content (AvgIpc) is 2.81. The molecule has 21 heavy (non-hydrogen) atoms. The highest BCUT2D eigenvalue weighted by Crippen LogP contribution is 2.23. The second-order valence-electron chi connectivity index (χ2n) is 6.71. The van der Waals surface area contributed by atoms with E-state index in [-0.39, 0.29) is 18.0 Å². The van der Waals surface area contributed by atoms with Crippen molar-refractivity contribution in [2.24, 2.45) is 0 Å². The third-order valence-electron chi connectivity index (χ3n) is 3.52. The molecule has 1 N–H and O–H groups in total. The zero-order valence-electron chi connectivity index (χ0n) is 13.9. The van der Waals surface area contributed by atoms with Crippen molar-refractivity contribution in [2.45, 2.75) is 77.9 Å². The lowest BCUT2D eigenvalue weighted by molar-refractivity contribution is -0.121. The Labute approximate surface area is 128 Å². The van der Waals surface area contributed by atoms with Crippen LogP contribution in [0.15, 0.2) is 0 Å². The summed E-state index contributed by atoms with van der Waals surface area (Å²) in [5, 5.41) is 2.92. The van der Waals surface area contributed by atoms with Gasteiger partial charge in [-0.25, -0.2) is 4.79 Å². The summed E-state index contributed by atoms with van der Waals surface area (Å²) in [5.74, 6) is 0.118. The summed E-state index contributed by atoms with van der Waals surface area (Å²) in [4.78, 5) is 25.4. The van der Waals surface area contributed by atoms with Gasteiger partial charge in [-0.05, 0) is 52.9 Å². The van der Waals surface area contributed by atoms with Gasteiger partial charge in [0.2, 0.25) is 5.91 Å². The lowest BCUT2D eigenvalue weighted by Crippen LogP contribution is -2.40. The molecule has 0 radical (unpaired) electrons. The summed E-state index contributed by atoms with van der Waals surface area (Å²) in [6.45, 7) is 9.13. The molecule has 122 valence electrons. The maximum Gasteiger partial charge on any atom is 0.410 e. The third kappa shape index (κ3) is 6.82. The van der Waals surface area contributed by atoms with Gasteiger partial charge in [0.15, 0.2) is 0 Å². The molecule has 1 atom stereocenters. The Morgan fingerprint density at radius 2 is 2.05 bits per heavy atom. The van der Waals surface area contributed by atoms with Gasteiger partial charge in [-0.15, -0.1) is 0 Å². The van der Waals surface area contributed by atoms with Crippen molar-refractivity contribution in [1.82, 2.24) is 10.2 Å². The van der Waals surface area contributed by atoms with E-state index in [9.17, 15) is 9.59 Å². The number of nitrogens with zero attached hydrogens (tertiary/aromatic N) is 1. The van der Waals surface area contributed by atoms with Crippen molar-refractivity contribution in [2.75, 3.05) is 13.1 Å². The maximum absolute atomic E-state index is 12.1. The molecule has 1 aliphatic heterocycles. The van der Waals surface area contributed by atoms with Gasteiger partial charge < -0.3 is 15.0 Å². The molecular formula is C16H30N2O3. The van der Waals surface area contributed by atoms with Crippen molar-refractivity contribution < 1.29 is 14.3 Å². The Kier molecular flexibility index (Phi) is 6.99. The third-order valence-corrected chi connectivity index (χ3v) is 3.52. The second-order valence-corrected chi connectivity index (χ2v) is 6.71. The number of rotatable bonds is 6. The molecule has 0 bridgehead atoms. The lowest BCUT2D eigenvalue weighted by atomic mass is 10.1. The number of ether oxygens (including phenoxy) is 1. The number of nitrogens with one attached hydrogen (secondary N) is 1. The Bertz CT molecular complexity index is 350. The van der Waals surface area contributed by atoms with Gasteiger partial charge in [-0.3, -0.25) is 4.79 Å². The summed E-state index contributed by atoms with van der Waals surface area (Å²) in [7, 11) is 0. The van der Waals surface area contributed by atoms with E-state index in [0.717, 1.165) is 38.6 Å². The minimum atomic E-state index is -0.446. The van der Waals surface area contributed by atoms with Crippen LogP contribution in [0.5, 0.6) is 0 Å². The molecule has 1 aliphatic rings. The molecule has 0 aromatic rings. The number of likely N-dealkylation sites (tertiary alicyclic amines) is 1. The Morgan fingerprint density at radius 1 is 1.33 bits per heavy atom.